The first-order chi connectivity index (χ1) is 19.4. The van der Waals surface area contributed by atoms with Gasteiger partial charge in [0.1, 0.15) is 5.76 Å². The Kier molecular flexibility index (Phi) is 12.9. The number of benzene rings is 1. The number of aromatic nitrogens is 3. The molecule has 0 bridgehead atoms. The van der Waals surface area contributed by atoms with Gasteiger partial charge in [0, 0.05) is 49.5 Å². The van der Waals surface area contributed by atoms with Gasteiger partial charge < -0.3 is 19.7 Å². The molecule has 2 heterocycles. The van der Waals surface area contributed by atoms with E-state index < -0.39 is 0 Å². The molecule has 0 aliphatic heterocycles. The van der Waals surface area contributed by atoms with Gasteiger partial charge in [-0.25, -0.2) is 4.98 Å². The zero-order valence-electron chi connectivity index (χ0n) is 24.4. The van der Waals surface area contributed by atoms with E-state index in [9.17, 15) is 0 Å². The molecule has 2 aromatic heterocycles. The van der Waals surface area contributed by atoms with Crippen LogP contribution in [0.25, 0.3) is 11.7 Å². The molecular weight excluding hydrogens is 502 g/mol. The molecule has 0 amide bonds. The van der Waals surface area contributed by atoms with Crippen LogP contribution in [0.5, 0.6) is 0 Å². The molecule has 0 fully saturated rings. The Labute approximate surface area is 237 Å². The van der Waals surface area contributed by atoms with Gasteiger partial charge in [0.2, 0.25) is 0 Å². The highest BCUT2D eigenvalue weighted by molar-refractivity contribution is 6.04. The molecule has 4 rings (SSSR count). The number of aryl methyl sites for hydroxylation is 1. The molecule has 1 aliphatic rings. The van der Waals surface area contributed by atoms with Gasteiger partial charge in [-0.3, -0.25) is 9.99 Å². The van der Waals surface area contributed by atoms with E-state index >= 15 is 0 Å². The number of likely N-dealkylation sites (N-methyl/N-ethyl adjacent to an activating group) is 1. The zero-order valence-corrected chi connectivity index (χ0v) is 24.4. The van der Waals surface area contributed by atoms with E-state index in [1.807, 2.05) is 82.0 Å². The van der Waals surface area contributed by atoms with Crippen LogP contribution in [0.3, 0.4) is 0 Å². The second-order valence-corrected chi connectivity index (χ2v) is 8.64. The van der Waals surface area contributed by atoms with Crippen molar-refractivity contribution in [3.63, 3.8) is 0 Å². The number of anilines is 1. The van der Waals surface area contributed by atoms with Crippen molar-refractivity contribution in [3.05, 3.63) is 103 Å². The van der Waals surface area contributed by atoms with Gasteiger partial charge in [0.25, 0.3) is 0 Å². The molecule has 3 aromatic rings. The van der Waals surface area contributed by atoms with Crippen LogP contribution in [0.15, 0.2) is 96.0 Å². The summed E-state index contributed by atoms with van der Waals surface area (Å²) in [5.74, 6) is 0.694. The van der Waals surface area contributed by atoms with Crippen LogP contribution in [0.4, 0.5) is 5.69 Å². The first-order valence-electron chi connectivity index (χ1n) is 13.2. The smallest absolute Gasteiger partial charge is 0.155 e. The molecule has 40 heavy (non-hydrogen) atoms. The highest BCUT2D eigenvalue weighted by Gasteiger charge is 2.17. The average Bonchev–Trinajstić information content (AvgIpc) is 3.59. The Morgan fingerprint density at radius 1 is 1.30 bits per heavy atom. The average molecular weight is 544 g/mol. The number of rotatable bonds is 9. The minimum atomic E-state index is 0.554. The second kappa shape index (κ2) is 16.3. The van der Waals surface area contributed by atoms with Crippen LogP contribution in [0, 0.1) is 0 Å². The summed E-state index contributed by atoms with van der Waals surface area (Å²) in [6.07, 6.45) is 16.4. The van der Waals surface area contributed by atoms with Crippen molar-refractivity contribution < 1.29 is 9.94 Å². The van der Waals surface area contributed by atoms with Crippen molar-refractivity contribution in [2.75, 3.05) is 33.1 Å². The van der Waals surface area contributed by atoms with Crippen LogP contribution in [-0.2, 0) is 11.2 Å². The van der Waals surface area contributed by atoms with E-state index in [2.05, 4.69) is 44.8 Å². The fraction of sp³-hybridized carbons (Fsp3) is 0.290. The number of hydrogen-bond donors (Lipinski definition) is 2. The number of oxime groups is 1. The van der Waals surface area contributed by atoms with E-state index in [0.29, 0.717) is 12.3 Å². The predicted octanol–water partition coefficient (Wildman–Crippen LogP) is 6.20. The Hall–Kier alpha value is -4.66. The number of fused-ring (bicyclic) bond motifs is 2. The van der Waals surface area contributed by atoms with Crippen molar-refractivity contribution >= 4 is 28.8 Å². The first kappa shape index (κ1) is 31.6. The second-order valence-electron chi connectivity index (χ2n) is 8.64. The minimum absolute atomic E-state index is 0.554. The molecular formula is C31H41N7O2. The molecule has 1 aromatic carbocycles. The maximum atomic E-state index is 8.71. The SMILES string of the molecule is C=C/C(C)=N\N(C)CC(=C)/C(=C\C=C\c1cn2ccncc2n1)OC.CC.CNc1ccc2c(c1)CC/C2=N\O. The highest BCUT2D eigenvalue weighted by Crippen LogP contribution is 2.25. The van der Waals surface area contributed by atoms with E-state index in [1.165, 1.54) is 5.56 Å². The third-order valence-corrected chi connectivity index (χ3v) is 5.87. The number of imidazole rings is 1. The van der Waals surface area contributed by atoms with Crippen molar-refractivity contribution in [1.82, 2.24) is 19.4 Å². The molecule has 0 saturated carbocycles. The van der Waals surface area contributed by atoms with E-state index in [1.54, 1.807) is 30.6 Å². The summed E-state index contributed by atoms with van der Waals surface area (Å²) in [5, 5.41) is 21.2. The maximum absolute atomic E-state index is 8.71. The van der Waals surface area contributed by atoms with Gasteiger partial charge in [-0.2, -0.15) is 5.10 Å². The number of hydrogen-bond acceptors (Lipinski definition) is 8. The lowest BCUT2D eigenvalue weighted by Crippen LogP contribution is -2.17. The topological polar surface area (TPSA) is 99.6 Å². The summed E-state index contributed by atoms with van der Waals surface area (Å²) in [7, 11) is 5.41. The number of methoxy groups -OCH3 is 1. The molecule has 2 N–H and O–H groups in total. The van der Waals surface area contributed by atoms with Gasteiger partial charge in [-0.05, 0) is 55.7 Å². The summed E-state index contributed by atoms with van der Waals surface area (Å²) in [4.78, 5) is 8.51. The number of nitrogens with one attached hydrogen (secondary N) is 1. The summed E-state index contributed by atoms with van der Waals surface area (Å²) in [6.45, 7) is 14.2. The third kappa shape index (κ3) is 8.97. The molecule has 9 nitrogen and oxygen atoms in total. The predicted molar refractivity (Wildman–Crippen MR) is 166 cm³/mol. The Bertz CT molecular complexity index is 1370. The summed E-state index contributed by atoms with van der Waals surface area (Å²) >= 11 is 0. The van der Waals surface area contributed by atoms with Gasteiger partial charge in [-0.15, -0.1) is 0 Å². The van der Waals surface area contributed by atoms with Crippen LogP contribution in [-0.4, -0.2) is 63.8 Å². The molecule has 0 unspecified atom stereocenters. The maximum Gasteiger partial charge on any atom is 0.155 e. The number of hydrazone groups is 1. The molecule has 0 atom stereocenters. The van der Waals surface area contributed by atoms with Crippen molar-refractivity contribution in [1.29, 1.82) is 0 Å². The first-order valence-corrected chi connectivity index (χ1v) is 13.2. The third-order valence-electron chi connectivity index (χ3n) is 5.87. The molecule has 0 saturated heterocycles. The molecule has 1 aliphatic carbocycles. The fourth-order valence-corrected chi connectivity index (χ4v) is 3.94. The van der Waals surface area contributed by atoms with Gasteiger partial charge >= 0.3 is 0 Å². The van der Waals surface area contributed by atoms with E-state index in [0.717, 1.165) is 52.4 Å². The number of allylic oxidation sites excluding steroid dienone is 3. The van der Waals surface area contributed by atoms with Gasteiger partial charge in [0.15, 0.2) is 5.65 Å². The van der Waals surface area contributed by atoms with Crippen LogP contribution < -0.4 is 5.32 Å². The molecule has 9 heteroatoms. The number of ether oxygens (including phenoxy) is 1. The Morgan fingerprint density at radius 3 is 2.73 bits per heavy atom. The summed E-state index contributed by atoms with van der Waals surface area (Å²) in [6, 6.07) is 6.10. The van der Waals surface area contributed by atoms with Crippen LogP contribution in [0.2, 0.25) is 0 Å². The van der Waals surface area contributed by atoms with Crippen molar-refractivity contribution in [2.24, 2.45) is 10.3 Å². The quantitative estimate of drug-likeness (QED) is 0.110. The standard InChI is InChI=1S/C19H23N5O.C10H12N2O.C2H6/c1-6-16(3)22-23(4)13-15(2)18(25-5)9-7-8-17-14-24-11-10-20-12-19(24)21-17;1-11-8-3-4-9-7(6-8)2-5-10(9)12-13;1-2/h6-12,14H,1-2,13H2,3-5H3;3-4,6,11,13H,2,5H2,1H3;1-2H3/b8-7+,18-9+,22-16-;12-10+;. The van der Waals surface area contributed by atoms with Crippen molar-refractivity contribution in [3.8, 4) is 0 Å². The van der Waals surface area contributed by atoms with Crippen molar-refractivity contribution in [2.45, 2.75) is 33.6 Å². The lowest BCUT2D eigenvalue weighted by atomic mass is 10.1. The molecule has 212 valence electrons. The van der Waals surface area contributed by atoms with E-state index in [-0.39, 0.29) is 0 Å². The highest BCUT2D eigenvalue weighted by atomic mass is 16.5. The normalized spacial score (nSPS) is 13.7. The number of nitrogens with zero attached hydrogens (tertiary/aromatic N) is 6. The summed E-state index contributed by atoms with van der Waals surface area (Å²) in [5.41, 5.74) is 7.58. The fourth-order valence-electron chi connectivity index (χ4n) is 3.94. The van der Waals surface area contributed by atoms with Gasteiger partial charge in [0.05, 0.1) is 37.0 Å². The summed E-state index contributed by atoms with van der Waals surface area (Å²) < 4.78 is 7.34. The monoisotopic (exact) mass is 543 g/mol. The van der Waals surface area contributed by atoms with Crippen LogP contribution in [0.1, 0.15) is 44.0 Å². The van der Waals surface area contributed by atoms with Gasteiger partial charge in [-0.1, -0.05) is 44.3 Å². The Balaban J connectivity index is 0.000000311. The van der Waals surface area contributed by atoms with E-state index in [4.69, 9.17) is 9.94 Å². The molecule has 0 radical (unpaired) electrons. The Morgan fingerprint density at radius 2 is 2.08 bits per heavy atom. The lowest BCUT2D eigenvalue weighted by Gasteiger charge is -2.16. The van der Waals surface area contributed by atoms with Crippen LogP contribution >= 0.6 is 0 Å². The minimum Gasteiger partial charge on any atom is -0.496 e. The zero-order chi connectivity index (χ0) is 29.5. The molecule has 0 spiro atoms. The largest absolute Gasteiger partial charge is 0.496 e. The lowest BCUT2D eigenvalue weighted by molar-refractivity contribution is 0.288.